The number of halogens is 1. The first-order valence-corrected chi connectivity index (χ1v) is 11.0. The van der Waals surface area contributed by atoms with Gasteiger partial charge in [-0.15, -0.1) is 0 Å². The van der Waals surface area contributed by atoms with Crippen molar-refractivity contribution in [1.29, 1.82) is 0 Å². The number of hydrogen-bond donors (Lipinski definition) is 0. The molecule has 1 aliphatic heterocycles. The van der Waals surface area contributed by atoms with Crippen molar-refractivity contribution >= 4 is 33.8 Å². The average molecular weight is 453 g/mol. The summed E-state index contributed by atoms with van der Waals surface area (Å²) in [6.45, 7) is 0.585. The summed E-state index contributed by atoms with van der Waals surface area (Å²) in [5.41, 5.74) is 0.432. The molecule has 0 saturated carbocycles. The summed E-state index contributed by atoms with van der Waals surface area (Å²) in [5.74, 6) is 0.422. The van der Waals surface area contributed by atoms with Crippen LogP contribution in [0.25, 0.3) is 0 Å². The lowest BCUT2D eigenvalue weighted by atomic mass is 10.2. The number of nitrogens with zero attached hydrogens (tertiary/aromatic N) is 2. The molecule has 160 valence electrons. The van der Waals surface area contributed by atoms with Crippen molar-refractivity contribution in [2.75, 3.05) is 39.9 Å². The number of amides is 1. The molecular formula is C20H21ClN2O6S. The van der Waals surface area contributed by atoms with Gasteiger partial charge in [-0.3, -0.25) is 9.59 Å². The molecule has 1 aliphatic rings. The molecule has 1 heterocycles. The van der Waals surface area contributed by atoms with Gasteiger partial charge in [-0.2, -0.15) is 4.31 Å². The van der Waals surface area contributed by atoms with Gasteiger partial charge < -0.3 is 14.4 Å². The third-order valence-corrected chi connectivity index (χ3v) is 7.12. The number of sulfonamides is 1. The average Bonchev–Trinajstić information content (AvgIpc) is 2.77. The van der Waals surface area contributed by atoms with E-state index in [0.29, 0.717) is 23.3 Å². The highest BCUT2D eigenvalue weighted by Gasteiger charge is 2.31. The van der Waals surface area contributed by atoms with Crippen LogP contribution in [0.1, 0.15) is 10.4 Å². The Morgan fingerprint density at radius 2 is 1.80 bits per heavy atom. The van der Waals surface area contributed by atoms with E-state index in [1.807, 2.05) is 0 Å². The van der Waals surface area contributed by atoms with Crippen LogP contribution in [0.3, 0.4) is 0 Å². The third kappa shape index (κ3) is 4.75. The van der Waals surface area contributed by atoms with Gasteiger partial charge in [0.2, 0.25) is 10.0 Å². The van der Waals surface area contributed by atoms with Crippen LogP contribution in [0.4, 0.5) is 0 Å². The van der Waals surface area contributed by atoms with Gasteiger partial charge in [0, 0.05) is 31.7 Å². The van der Waals surface area contributed by atoms with Gasteiger partial charge >= 0.3 is 0 Å². The van der Waals surface area contributed by atoms with Crippen molar-refractivity contribution < 1.29 is 27.5 Å². The fourth-order valence-electron chi connectivity index (χ4n) is 3.08. The number of ether oxygens (including phenoxy) is 2. The van der Waals surface area contributed by atoms with Crippen molar-refractivity contribution in [3.63, 3.8) is 0 Å². The van der Waals surface area contributed by atoms with Gasteiger partial charge in [0.25, 0.3) is 5.91 Å². The van der Waals surface area contributed by atoms with E-state index in [-0.39, 0.29) is 48.6 Å². The summed E-state index contributed by atoms with van der Waals surface area (Å²) in [4.78, 5) is 24.9. The van der Waals surface area contributed by atoms with Gasteiger partial charge in [0.15, 0.2) is 18.1 Å². The van der Waals surface area contributed by atoms with E-state index in [2.05, 4.69) is 0 Å². The number of aldehydes is 1. The Labute approximate surface area is 180 Å². The molecule has 1 amide bonds. The van der Waals surface area contributed by atoms with Crippen LogP contribution in [0.2, 0.25) is 5.02 Å². The number of benzene rings is 2. The molecule has 0 unspecified atom stereocenters. The Bertz CT molecular complexity index is 1040. The number of piperazine rings is 1. The summed E-state index contributed by atoms with van der Waals surface area (Å²) in [7, 11) is -2.28. The lowest BCUT2D eigenvalue weighted by molar-refractivity contribution is -0.134. The first-order valence-electron chi connectivity index (χ1n) is 9.15. The van der Waals surface area contributed by atoms with Crippen LogP contribution in [0.5, 0.6) is 11.5 Å². The Kier molecular flexibility index (Phi) is 6.96. The minimum atomic E-state index is -3.73. The van der Waals surface area contributed by atoms with Gasteiger partial charge in [0.1, 0.15) is 11.2 Å². The fraction of sp³-hybridized carbons (Fsp3) is 0.300. The maximum Gasteiger partial charge on any atom is 0.260 e. The number of methoxy groups -OCH3 is 1. The summed E-state index contributed by atoms with van der Waals surface area (Å²) < 4.78 is 37.6. The normalized spacial score (nSPS) is 14.9. The Morgan fingerprint density at radius 1 is 1.10 bits per heavy atom. The van der Waals surface area contributed by atoms with E-state index < -0.39 is 10.0 Å². The SMILES string of the molecule is COc1cc(C=O)ccc1OCC(=O)N1CCN(S(=O)(=O)c2ccccc2Cl)CC1. The highest BCUT2D eigenvalue weighted by molar-refractivity contribution is 7.89. The summed E-state index contributed by atoms with van der Waals surface area (Å²) in [5, 5.41) is 0.166. The van der Waals surface area contributed by atoms with E-state index in [1.54, 1.807) is 29.2 Å². The predicted octanol–water partition coefficient (Wildman–Crippen LogP) is 2.07. The van der Waals surface area contributed by atoms with Crippen molar-refractivity contribution in [3.05, 3.63) is 53.1 Å². The molecule has 0 radical (unpaired) electrons. The number of carbonyl (C=O) groups excluding carboxylic acids is 2. The lowest BCUT2D eigenvalue weighted by Crippen LogP contribution is -2.51. The standard InChI is InChI=1S/C20H21ClN2O6S/c1-28-18-12-15(13-24)6-7-17(18)29-14-20(25)22-8-10-23(11-9-22)30(26,27)19-5-3-2-4-16(19)21/h2-7,12-13H,8-11,14H2,1H3. The highest BCUT2D eigenvalue weighted by Crippen LogP contribution is 2.28. The van der Waals surface area contributed by atoms with Crippen LogP contribution >= 0.6 is 11.6 Å². The Morgan fingerprint density at radius 3 is 2.43 bits per heavy atom. The van der Waals surface area contributed by atoms with E-state index in [4.69, 9.17) is 21.1 Å². The minimum Gasteiger partial charge on any atom is -0.493 e. The van der Waals surface area contributed by atoms with E-state index in [1.165, 1.54) is 29.6 Å². The molecular weight excluding hydrogens is 432 g/mol. The molecule has 10 heteroatoms. The Hall–Kier alpha value is -2.62. The zero-order valence-electron chi connectivity index (χ0n) is 16.3. The molecule has 1 saturated heterocycles. The van der Waals surface area contributed by atoms with Gasteiger partial charge in [-0.05, 0) is 30.3 Å². The second-order valence-corrected chi connectivity index (χ2v) is 8.85. The van der Waals surface area contributed by atoms with Crippen molar-refractivity contribution in [2.45, 2.75) is 4.90 Å². The number of rotatable bonds is 7. The minimum absolute atomic E-state index is 0.0562. The third-order valence-electron chi connectivity index (χ3n) is 4.72. The molecule has 0 aromatic heterocycles. The summed E-state index contributed by atoms with van der Waals surface area (Å²) in [6.07, 6.45) is 0.688. The molecule has 2 aromatic carbocycles. The molecule has 0 bridgehead atoms. The van der Waals surface area contributed by atoms with Crippen molar-refractivity contribution in [3.8, 4) is 11.5 Å². The molecule has 2 aromatic rings. The molecule has 30 heavy (non-hydrogen) atoms. The second kappa shape index (κ2) is 9.46. The molecule has 0 spiro atoms. The number of hydrogen-bond acceptors (Lipinski definition) is 6. The van der Waals surface area contributed by atoms with E-state index in [9.17, 15) is 18.0 Å². The zero-order valence-corrected chi connectivity index (χ0v) is 17.9. The van der Waals surface area contributed by atoms with Crippen LogP contribution in [-0.2, 0) is 14.8 Å². The largest absolute Gasteiger partial charge is 0.493 e. The van der Waals surface area contributed by atoms with Crippen molar-refractivity contribution in [2.24, 2.45) is 0 Å². The smallest absolute Gasteiger partial charge is 0.260 e. The monoisotopic (exact) mass is 452 g/mol. The Balaban J connectivity index is 1.58. The topological polar surface area (TPSA) is 93.2 Å². The zero-order chi connectivity index (χ0) is 21.7. The van der Waals surface area contributed by atoms with Crippen molar-refractivity contribution in [1.82, 2.24) is 9.21 Å². The lowest BCUT2D eigenvalue weighted by Gasteiger charge is -2.34. The van der Waals surface area contributed by atoms with E-state index in [0.717, 1.165) is 0 Å². The fourth-order valence-corrected chi connectivity index (χ4v) is 4.99. The second-order valence-electron chi connectivity index (χ2n) is 6.53. The maximum absolute atomic E-state index is 12.8. The molecule has 0 N–H and O–H groups in total. The van der Waals surface area contributed by atoms with Gasteiger partial charge in [0.05, 0.1) is 12.1 Å². The van der Waals surface area contributed by atoms with Gasteiger partial charge in [-0.25, -0.2) is 8.42 Å². The van der Waals surface area contributed by atoms with Crippen LogP contribution in [0, 0.1) is 0 Å². The van der Waals surface area contributed by atoms with Crippen LogP contribution < -0.4 is 9.47 Å². The van der Waals surface area contributed by atoms with E-state index >= 15 is 0 Å². The van der Waals surface area contributed by atoms with Crippen LogP contribution in [-0.4, -0.2) is 69.7 Å². The maximum atomic E-state index is 12.8. The van der Waals surface area contributed by atoms with Crippen LogP contribution in [0.15, 0.2) is 47.4 Å². The quantitative estimate of drug-likeness (QED) is 0.597. The predicted molar refractivity (Wildman–Crippen MR) is 111 cm³/mol. The molecule has 0 atom stereocenters. The first-order chi connectivity index (χ1) is 14.4. The highest BCUT2D eigenvalue weighted by atomic mass is 35.5. The van der Waals surface area contributed by atoms with Gasteiger partial charge in [-0.1, -0.05) is 23.7 Å². The molecule has 0 aliphatic carbocycles. The molecule has 3 rings (SSSR count). The molecule has 8 nitrogen and oxygen atoms in total. The summed E-state index contributed by atoms with van der Waals surface area (Å²) >= 11 is 6.03. The number of carbonyl (C=O) groups is 2. The molecule has 1 fully saturated rings. The summed E-state index contributed by atoms with van der Waals surface area (Å²) in [6, 6.07) is 10.9. The first kappa shape index (κ1) is 22.1.